The zero-order valence-corrected chi connectivity index (χ0v) is 11.9. The van der Waals surface area contributed by atoms with Gasteiger partial charge < -0.3 is 20.4 Å². The van der Waals surface area contributed by atoms with E-state index < -0.39 is 24.0 Å². The average Bonchev–Trinajstić information content (AvgIpc) is 2.52. The molecular weight excluding hydrogens is 294 g/mol. The van der Waals surface area contributed by atoms with Crippen LogP contribution in [0.1, 0.15) is 5.56 Å². The van der Waals surface area contributed by atoms with Crippen LogP contribution < -0.4 is 10.6 Å². The van der Waals surface area contributed by atoms with Gasteiger partial charge in [0.15, 0.2) is 0 Å². The minimum atomic E-state index is -1.66. The van der Waals surface area contributed by atoms with Crippen LogP contribution in [0.25, 0.3) is 0 Å². The Labute approximate surface area is 125 Å². The molecule has 1 rings (SSSR count). The number of methoxy groups -OCH3 is 2. The van der Waals surface area contributed by atoms with Crippen LogP contribution in [-0.2, 0) is 19.1 Å². The highest BCUT2D eigenvalue weighted by atomic mass is 16.5. The number of hydrogen-bond donors (Lipinski definition) is 2. The van der Waals surface area contributed by atoms with Crippen molar-refractivity contribution in [3.63, 3.8) is 0 Å². The van der Waals surface area contributed by atoms with Gasteiger partial charge in [0.2, 0.25) is 6.04 Å². The van der Waals surface area contributed by atoms with E-state index in [0.29, 0.717) is 5.56 Å². The van der Waals surface area contributed by atoms with Gasteiger partial charge in [-0.15, -0.1) is 0 Å². The number of rotatable bonds is 5. The highest BCUT2D eigenvalue weighted by Crippen LogP contribution is 2.19. The topological polar surface area (TPSA) is 132 Å². The van der Waals surface area contributed by atoms with E-state index in [1.807, 2.05) is 0 Å². The van der Waals surface area contributed by atoms with E-state index in [9.17, 15) is 14.4 Å². The molecule has 0 aromatic heterocycles. The molecule has 0 bridgehead atoms. The highest BCUT2D eigenvalue weighted by Gasteiger charge is 2.38. The molecule has 3 N–H and O–H groups in total. The van der Waals surface area contributed by atoms with Gasteiger partial charge >= 0.3 is 18.0 Å². The molecule has 9 heteroatoms. The van der Waals surface area contributed by atoms with Crippen LogP contribution in [0, 0.1) is 0 Å². The molecule has 0 fully saturated rings. The van der Waals surface area contributed by atoms with Crippen molar-refractivity contribution in [3.05, 3.63) is 29.8 Å². The van der Waals surface area contributed by atoms with Crippen LogP contribution in [0.3, 0.4) is 0 Å². The van der Waals surface area contributed by atoms with Crippen LogP contribution in [0.5, 0.6) is 0 Å². The zero-order chi connectivity index (χ0) is 16.7. The maximum Gasteiger partial charge on any atom is 0.340 e. The number of urea groups is 1. The van der Waals surface area contributed by atoms with Crippen LogP contribution in [-0.4, -0.2) is 49.7 Å². The third-order valence-electron chi connectivity index (χ3n) is 2.72. The van der Waals surface area contributed by atoms with Crippen molar-refractivity contribution in [2.24, 2.45) is 10.9 Å². The molecule has 0 atom stereocenters. The van der Waals surface area contributed by atoms with Crippen molar-refractivity contribution in [2.75, 3.05) is 19.1 Å². The molecule has 0 unspecified atom stereocenters. The lowest BCUT2D eigenvalue weighted by Gasteiger charge is -2.26. The molecule has 9 nitrogen and oxygen atoms in total. The van der Waals surface area contributed by atoms with Crippen molar-refractivity contribution >= 4 is 29.9 Å². The molecular formula is C13H15N3O6. The summed E-state index contributed by atoms with van der Waals surface area (Å²) in [5, 5.41) is 11.3. The molecule has 0 spiro atoms. The van der Waals surface area contributed by atoms with Crippen molar-refractivity contribution in [3.8, 4) is 0 Å². The van der Waals surface area contributed by atoms with E-state index in [0.717, 1.165) is 25.3 Å². The number of carbonyl (C=O) groups excluding carboxylic acids is 3. The standard InChI is InChI=1S/C13H15N3O6/c1-21-11(17)10(12(18)22-2)16(13(14)19)9-5-3-8(4-6-9)7-15-20/h3-7,10,20H,1-2H3,(H2,14,19). The lowest BCUT2D eigenvalue weighted by Crippen LogP contribution is -2.53. The molecule has 0 saturated carbocycles. The predicted octanol–water partition coefficient (Wildman–Crippen LogP) is 0.0944. The van der Waals surface area contributed by atoms with Gasteiger partial charge in [-0.2, -0.15) is 0 Å². The van der Waals surface area contributed by atoms with Gasteiger partial charge in [-0.05, 0) is 17.7 Å². The Morgan fingerprint density at radius 1 is 1.18 bits per heavy atom. The lowest BCUT2D eigenvalue weighted by atomic mass is 10.1. The largest absolute Gasteiger partial charge is 0.467 e. The summed E-state index contributed by atoms with van der Waals surface area (Å²) in [4.78, 5) is 36.0. The Morgan fingerprint density at radius 2 is 1.68 bits per heavy atom. The van der Waals surface area contributed by atoms with E-state index in [1.165, 1.54) is 24.3 Å². The Kier molecular flexibility index (Phi) is 5.87. The predicted molar refractivity (Wildman–Crippen MR) is 75.7 cm³/mol. The normalized spacial score (nSPS) is 10.5. The monoisotopic (exact) mass is 309 g/mol. The number of esters is 2. The summed E-state index contributed by atoms with van der Waals surface area (Å²) in [6.07, 6.45) is 1.16. The fourth-order valence-electron chi connectivity index (χ4n) is 1.72. The third kappa shape index (κ3) is 3.72. The summed E-state index contributed by atoms with van der Waals surface area (Å²) >= 11 is 0. The average molecular weight is 309 g/mol. The third-order valence-corrected chi connectivity index (χ3v) is 2.72. The molecule has 2 amide bonds. The van der Waals surface area contributed by atoms with Crippen molar-refractivity contribution in [1.82, 2.24) is 0 Å². The molecule has 0 aliphatic rings. The first kappa shape index (κ1) is 17.0. The summed E-state index contributed by atoms with van der Waals surface area (Å²) in [6.45, 7) is 0. The van der Waals surface area contributed by atoms with Crippen LogP contribution in [0.4, 0.5) is 10.5 Å². The molecule has 0 heterocycles. The molecule has 0 radical (unpaired) electrons. The SMILES string of the molecule is COC(=O)C(C(=O)OC)N(C(N)=O)c1ccc(C=NO)cc1. The van der Waals surface area contributed by atoms with Crippen LogP contribution >= 0.6 is 0 Å². The Morgan fingerprint density at radius 3 is 2.05 bits per heavy atom. The second kappa shape index (κ2) is 7.62. The number of nitrogens with two attached hydrogens (primary N) is 1. The highest BCUT2D eigenvalue weighted by molar-refractivity contribution is 6.10. The smallest absolute Gasteiger partial charge is 0.340 e. The molecule has 1 aromatic rings. The van der Waals surface area contributed by atoms with Gasteiger partial charge in [0.05, 0.1) is 20.4 Å². The Bertz CT molecular complexity index is 568. The van der Waals surface area contributed by atoms with E-state index >= 15 is 0 Å². The molecule has 0 saturated heterocycles. The lowest BCUT2D eigenvalue weighted by molar-refractivity contribution is -0.153. The quantitative estimate of drug-likeness (QED) is 0.260. The van der Waals surface area contributed by atoms with Crippen molar-refractivity contribution < 1.29 is 29.1 Å². The molecule has 1 aromatic carbocycles. The van der Waals surface area contributed by atoms with Crippen molar-refractivity contribution in [1.29, 1.82) is 0 Å². The van der Waals surface area contributed by atoms with E-state index in [4.69, 9.17) is 10.9 Å². The summed E-state index contributed by atoms with van der Waals surface area (Å²) in [5.74, 6) is -1.99. The number of anilines is 1. The fourth-order valence-corrected chi connectivity index (χ4v) is 1.72. The first-order valence-electron chi connectivity index (χ1n) is 5.98. The van der Waals surface area contributed by atoms with Crippen LogP contribution in [0.2, 0.25) is 0 Å². The first-order chi connectivity index (χ1) is 10.5. The van der Waals surface area contributed by atoms with Gasteiger partial charge in [0.25, 0.3) is 0 Å². The summed E-state index contributed by atoms with van der Waals surface area (Å²) in [7, 11) is 2.14. The number of ether oxygens (including phenoxy) is 2. The first-order valence-corrected chi connectivity index (χ1v) is 5.98. The minimum Gasteiger partial charge on any atom is -0.467 e. The second-order valence-electron chi connectivity index (χ2n) is 3.99. The van der Waals surface area contributed by atoms with Gasteiger partial charge in [0.1, 0.15) is 0 Å². The van der Waals surface area contributed by atoms with E-state index in [-0.39, 0.29) is 5.69 Å². The summed E-state index contributed by atoms with van der Waals surface area (Å²) in [6, 6.07) is 3.13. The number of primary amides is 1. The molecule has 0 aliphatic heterocycles. The van der Waals surface area contributed by atoms with Crippen molar-refractivity contribution in [2.45, 2.75) is 6.04 Å². The number of nitrogens with zero attached hydrogens (tertiary/aromatic N) is 2. The molecule has 0 aliphatic carbocycles. The number of benzene rings is 1. The van der Waals surface area contributed by atoms with Gasteiger partial charge in [-0.3, -0.25) is 4.90 Å². The summed E-state index contributed by atoms with van der Waals surface area (Å²) < 4.78 is 9.01. The number of carbonyl (C=O) groups is 3. The summed E-state index contributed by atoms with van der Waals surface area (Å²) in [5.41, 5.74) is 5.96. The van der Waals surface area contributed by atoms with E-state index in [1.54, 1.807) is 0 Å². The molecule has 22 heavy (non-hydrogen) atoms. The Hall–Kier alpha value is -3.10. The number of oxime groups is 1. The Balaban J connectivity index is 3.27. The number of hydrogen-bond acceptors (Lipinski definition) is 7. The van der Waals surface area contributed by atoms with Gasteiger partial charge in [0, 0.05) is 5.69 Å². The van der Waals surface area contributed by atoms with Gasteiger partial charge in [-0.1, -0.05) is 17.3 Å². The maximum absolute atomic E-state index is 11.8. The molecule has 118 valence electrons. The minimum absolute atomic E-state index is 0.170. The maximum atomic E-state index is 11.8. The fraction of sp³-hybridized carbons (Fsp3) is 0.231. The second-order valence-corrected chi connectivity index (χ2v) is 3.99. The zero-order valence-electron chi connectivity index (χ0n) is 11.9. The van der Waals surface area contributed by atoms with Crippen LogP contribution in [0.15, 0.2) is 29.4 Å². The van der Waals surface area contributed by atoms with E-state index in [2.05, 4.69) is 14.6 Å². The van der Waals surface area contributed by atoms with Gasteiger partial charge in [-0.25, -0.2) is 14.4 Å². The number of amides is 2.